The van der Waals surface area contributed by atoms with Crippen molar-refractivity contribution in [2.24, 2.45) is 11.3 Å². The van der Waals surface area contributed by atoms with Crippen LogP contribution in [0.2, 0.25) is 0 Å². The minimum absolute atomic E-state index is 0. The fraction of sp³-hybridized carbons (Fsp3) is 0.923. The first kappa shape index (κ1) is 16.7. The number of amides is 1. The standard InChI is InChI=1S/C13H26N2O.ClH/c1-13(2,3)9-12(16)15-7-5-11(6-8-15)10-14-4;/h11,14H,5-10H2,1-4H3;1H. The maximum Gasteiger partial charge on any atom is 0.223 e. The van der Waals surface area contributed by atoms with E-state index < -0.39 is 0 Å². The zero-order valence-corrected chi connectivity index (χ0v) is 12.4. The Hall–Kier alpha value is -0.280. The molecule has 1 N–H and O–H groups in total. The highest BCUT2D eigenvalue weighted by Crippen LogP contribution is 2.23. The highest BCUT2D eigenvalue weighted by atomic mass is 35.5. The van der Waals surface area contributed by atoms with Crippen molar-refractivity contribution in [2.45, 2.75) is 40.0 Å². The van der Waals surface area contributed by atoms with Crippen molar-refractivity contribution in [3.63, 3.8) is 0 Å². The minimum Gasteiger partial charge on any atom is -0.343 e. The molecule has 1 fully saturated rings. The van der Waals surface area contributed by atoms with Crippen LogP contribution in [0.25, 0.3) is 0 Å². The molecule has 1 amide bonds. The van der Waals surface area contributed by atoms with E-state index in [0.29, 0.717) is 12.3 Å². The zero-order chi connectivity index (χ0) is 12.2. The number of hydrogen-bond donors (Lipinski definition) is 1. The largest absolute Gasteiger partial charge is 0.343 e. The zero-order valence-electron chi connectivity index (χ0n) is 11.6. The van der Waals surface area contributed by atoms with Crippen molar-refractivity contribution >= 4 is 18.3 Å². The van der Waals surface area contributed by atoms with Gasteiger partial charge in [0.05, 0.1) is 0 Å². The molecule has 1 heterocycles. The van der Waals surface area contributed by atoms with E-state index in [9.17, 15) is 4.79 Å². The molecule has 17 heavy (non-hydrogen) atoms. The van der Waals surface area contributed by atoms with Gasteiger partial charge >= 0.3 is 0 Å². The van der Waals surface area contributed by atoms with Crippen molar-refractivity contribution < 1.29 is 4.79 Å². The van der Waals surface area contributed by atoms with Crippen LogP contribution in [-0.4, -0.2) is 37.5 Å². The Bertz CT molecular complexity index is 230. The first-order chi connectivity index (χ1) is 7.42. The molecule has 0 spiro atoms. The van der Waals surface area contributed by atoms with Crippen LogP contribution in [0.1, 0.15) is 40.0 Å². The number of carbonyl (C=O) groups excluding carboxylic acids is 1. The Morgan fingerprint density at radius 3 is 2.24 bits per heavy atom. The summed E-state index contributed by atoms with van der Waals surface area (Å²) in [5.74, 6) is 1.08. The first-order valence-corrected chi connectivity index (χ1v) is 6.35. The molecule has 102 valence electrons. The van der Waals surface area contributed by atoms with E-state index in [1.165, 1.54) is 0 Å². The molecule has 0 unspecified atom stereocenters. The quantitative estimate of drug-likeness (QED) is 0.847. The second kappa shape index (κ2) is 7.22. The Balaban J connectivity index is 0.00000256. The van der Waals surface area contributed by atoms with Crippen LogP contribution in [0.3, 0.4) is 0 Å². The number of rotatable bonds is 3. The molecule has 0 saturated carbocycles. The lowest BCUT2D eigenvalue weighted by molar-refractivity contribution is -0.134. The van der Waals surface area contributed by atoms with Gasteiger partial charge < -0.3 is 10.2 Å². The van der Waals surface area contributed by atoms with Gasteiger partial charge in [0.1, 0.15) is 0 Å². The highest BCUT2D eigenvalue weighted by molar-refractivity contribution is 5.85. The smallest absolute Gasteiger partial charge is 0.223 e. The number of hydrogen-bond acceptors (Lipinski definition) is 2. The number of piperidine rings is 1. The van der Waals surface area contributed by atoms with E-state index in [-0.39, 0.29) is 17.8 Å². The predicted molar refractivity (Wildman–Crippen MR) is 74.6 cm³/mol. The summed E-state index contributed by atoms with van der Waals surface area (Å²) >= 11 is 0. The molecule has 4 heteroatoms. The van der Waals surface area contributed by atoms with Crippen LogP contribution in [0, 0.1) is 11.3 Å². The molecular formula is C13H27ClN2O. The lowest BCUT2D eigenvalue weighted by Crippen LogP contribution is -2.41. The molecule has 0 aliphatic carbocycles. The van der Waals surface area contributed by atoms with Gasteiger partial charge in [0.2, 0.25) is 5.91 Å². The molecule has 0 atom stereocenters. The molecule has 0 radical (unpaired) electrons. The van der Waals surface area contributed by atoms with Gasteiger partial charge in [-0.3, -0.25) is 4.79 Å². The van der Waals surface area contributed by atoms with Gasteiger partial charge in [0.25, 0.3) is 0 Å². The molecular weight excluding hydrogens is 236 g/mol. The van der Waals surface area contributed by atoms with E-state index in [1.54, 1.807) is 0 Å². The summed E-state index contributed by atoms with van der Waals surface area (Å²) in [6, 6.07) is 0. The second-order valence-corrected chi connectivity index (χ2v) is 6.12. The second-order valence-electron chi connectivity index (χ2n) is 6.12. The summed E-state index contributed by atoms with van der Waals surface area (Å²) in [5.41, 5.74) is 0.110. The summed E-state index contributed by atoms with van der Waals surface area (Å²) in [6.45, 7) is 9.35. The van der Waals surface area contributed by atoms with Crippen LogP contribution in [0.4, 0.5) is 0 Å². The Morgan fingerprint density at radius 1 is 1.29 bits per heavy atom. The van der Waals surface area contributed by atoms with Crippen LogP contribution in [0.15, 0.2) is 0 Å². The van der Waals surface area contributed by atoms with Gasteiger partial charge in [-0.05, 0) is 37.8 Å². The van der Waals surface area contributed by atoms with Crippen molar-refractivity contribution in [1.29, 1.82) is 0 Å². The van der Waals surface area contributed by atoms with Gasteiger partial charge in [-0.2, -0.15) is 0 Å². The Morgan fingerprint density at radius 2 is 1.82 bits per heavy atom. The van der Waals surface area contributed by atoms with Gasteiger partial charge in [-0.1, -0.05) is 20.8 Å². The van der Waals surface area contributed by atoms with Crippen LogP contribution in [0.5, 0.6) is 0 Å². The molecule has 3 nitrogen and oxygen atoms in total. The van der Waals surface area contributed by atoms with Gasteiger partial charge in [-0.25, -0.2) is 0 Å². The summed E-state index contributed by atoms with van der Waals surface area (Å²) < 4.78 is 0. The van der Waals surface area contributed by atoms with Gasteiger partial charge in [0, 0.05) is 19.5 Å². The number of nitrogens with zero attached hydrogens (tertiary/aromatic N) is 1. The third kappa shape index (κ3) is 6.27. The van der Waals surface area contributed by atoms with Crippen molar-refractivity contribution in [2.75, 3.05) is 26.7 Å². The molecule has 0 bridgehead atoms. The molecule has 0 aromatic carbocycles. The number of halogens is 1. The Labute approximate surface area is 112 Å². The van der Waals surface area contributed by atoms with Crippen LogP contribution < -0.4 is 5.32 Å². The van der Waals surface area contributed by atoms with Crippen molar-refractivity contribution in [3.8, 4) is 0 Å². The number of carbonyl (C=O) groups is 1. The molecule has 1 rings (SSSR count). The van der Waals surface area contributed by atoms with Gasteiger partial charge in [0.15, 0.2) is 0 Å². The van der Waals surface area contributed by atoms with Crippen LogP contribution in [-0.2, 0) is 4.79 Å². The van der Waals surface area contributed by atoms with E-state index in [0.717, 1.165) is 38.4 Å². The van der Waals surface area contributed by atoms with E-state index in [1.807, 2.05) is 11.9 Å². The lowest BCUT2D eigenvalue weighted by atomic mass is 9.90. The van der Waals surface area contributed by atoms with Gasteiger partial charge in [-0.15, -0.1) is 12.4 Å². The highest BCUT2D eigenvalue weighted by Gasteiger charge is 2.25. The fourth-order valence-electron chi connectivity index (χ4n) is 2.24. The van der Waals surface area contributed by atoms with Crippen molar-refractivity contribution in [3.05, 3.63) is 0 Å². The molecule has 0 aromatic heterocycles. The third-order valence-corrected chi connectivity index (χ3v) is 3.14. The third-order valence-electron chi connectivity index (χ3n) is 3.14. The topological polar surface area (TPSA) is 32.3 Å². The number of likely N-dealkylation sites (tertiary alicyclic amines) is 1. The minimum atomic E-state index is 0. The molecule has 1 aliphatic heterocycles. The normalized spacial score (nSPS) is 17.8. The summed E-state index contributed by atoms with van der Waals surface area (Å²) in [6.07, 6.45) is 2.97. The monoisotopic (exact) mass is 262 g/mol. The van der Waals surface area contributed by atoms with Crippen molar-refractivity contribution in [1.82, 2.24) is 10.2 Å². The maximum atomic E-state index is 12.0. The molecule has 0 aromatic rings. The summed E-state index contributed by atoms with van der Waals surface area (Å²) in [5, 5.41) is 3.22. The van der Waals surface area contributed by atoms with E-state index >= 15 is 0 Å². The number of nitrogens with one attached hydrogen (secondary N) is 1. The molecule has 1 aliphatic rings. The maximum absolute atomic E-state index is 12.0. The summed E-state index contributed by atoms with van der Waals surface area (Å²) in [7, 11) is 2.00. The van der Waals surface area contributed by atoms with Crippen LogP contribution >= 0.6 is 12.4 Å². The average molecular weight is 263 g/mol. The summed E-state index contributed by atoms with van der Waals surface area (Å²) in [4.78, 5) is 14.0. The first-order valence-electron chi connectivity index (χ1n) is 6.35. The molecule has 1 saturated heterocycles. The lowest BCUT2D eigenvalue weighted by Gasteiger charge is -2.33. The Kier molecular flexibility index (Phi) is 7.10. The average Bonchev–Trinajstić information content (AvgIpc) is 2.16. The van der Waals surface area contributed by atoms with E-state index in [4.69, 9.17) is 0 Å². The van der Waals surface area contributed by atoms with E-state index in [2.05, 4.69) is 26.1 Å². The fourth-order valence-corrected chi connectivity index (χ4v) is 2.24. The SMILES string of the molecule is CNCC1CCN(C(=O)CC(C)(C)C)CC1.Cl. The predicted octanol–water partition coefficient (Wildman–Crippen LogP) is 2.30.